The smallest absolute Gasteiger partial charge is 0.225 e. The molecule has 2 heterocycles. The molecule has 3 aliphatic rings. The first-order valence-corrected chi connectivity index (χ1v) is 14.4. The van der Waals surface area contributed by atoms with Gasteiger partial charge in [0.1, 0.15) is 11.5 Å². The molecule has 0 radical (unpaired) electrons. The van der Waals surface area contributed by atoms with E-state index in [1.54, 1.807) is 25.1 Å². The minimum Gasteiger partial charge on any atom is -0.507 e. The summed E-state index contributed by atoms with van der Waals surface area (Å²) in [6.07, 6.45) is 5.74. The van der Waals surface area contributed by atoms with Crippen LogP contribution in [0.4, 0.5) is 0 Å². The Hall–Kier alpha value is -3.51. The lowest BCUT2D eigenvalue weighted by Crippen LogP contribution is -2.64. The monoisotopic (exact) mass is 581 g/mol. The lowest BCUT2D eigenvalue weighted by atomic mass is 9.59. The number of furan rings is 1. The fourth-order valence-corrected chi connectivity index (χ4v) is 7.13. The zero-order valence-corrected chi connectivity index (χ0v) is 24.0. The Bertz CT molecular complexity index is 1410. The van der Waals surface area contributed by atoms with Gasteiger partial charge >= 0.3 is 0 Å². The fourth-order valence-electron chi connectivity index (χ4n) is 7.13. The highest BCUT2D eigenvalue weighted by Gasteiger charge is 2.60. The third kappa shape index (κ3) is 5.04. The van der Waals surface area contributed by atoms with E-state index in [-0.39, 0.29) is 29.7 Å². The van der Waals surface area contributed by atoms with Crippen molar-refractivity contribution in [2.45, 2.75) is 56.7 Å². The van der Waals surface area contributed by atoms with Gasteiger partial charge in [0, 0.05) is 35.2 Å². The van der Waals surface area contributed by atoms with Gasteiger partial charge in [0.2, 0.25) is 11.7 Å². The van der Waals surface area contributed by atoms with E-state index in [1.165, 1.54) is 12.5 Å². The van der Waals surface area contributed by atoms with E-state index in [9.17, 15) is 34.8 Å². The molecule has 11 nitrogen and oxygen atoms in total. The number of amides is 1. The fraction of sp³-hybridized carbons (Fsp3) is 0.516. The first-order valence-electron chi connectivity index (χ1n) is 14.4. The predicted molar refractivity (Wildman–Crippen MR) is 153 cm³/mol. The van der Waals surface area contributed by atoms with Gasteiger partial charge in [-0.1, -0.05) is 6.42 Å². The molecule has 1 amide bonds. The van der Waals surface area contributed by atoms with E-state index in [4.69, 9.17) is 10.2 Å². The molecule has 226 valence electrons. The van der Waals surface area contributed by atoms with Crippen LogP contribution in [0.1, 0.15) is 48.8 Å². The van der Waals surface area contributed by atoms with Crippen molar-refractivity contribution < 1.29 is 39.2 Å². The Morgan fingerprint density at radius 3 is 2.52 bits per heavy atom. The van der Waals surface area contributed by atoms with Crippen LogP contribution in [0.25, 0.3) is 16.9 Å². The maximum absolute atomic E-state index is 14.2. The molecule has 0 bridgehead atoms. The number of primary amides is 1. The van der Waals surface area contributed by atoms with Crippen molar-refractivity contribution in [2.75, 3.05) is 33.8 Å². The molecule has 1 aromatic carbocycles. The first-order chi connectivity index (χ1) is 20.0. The molecule has 11 heteroatoms. The lowest BCUT2D eigenvalue weighted by molar-refractivity contribution is -0.163. The van der Waals surface area contributed by atoms with Crippen LogP contribution in [-0.4, -0.2) is 93.1 Å². The topological polar surface area (TPSA) is 178 Å². The summed E-state index contributed by atoms with van der Waals surface area (Å²) in [6, 6.07) is 2.79. The Morgan fingerprint density at radius 1 is 1.21 bits per heavy atom. The van der Waals surface area contributed by atoms with Crippen LogP contribution < -0.4 is 5.73 Å². The van der Waals surface area contributed by atoms with E-state index >= 15 is 0 Å². The minimum absolute atomic E-state index is 0.0718. The maximum atomic E-state index is 14.2. The number of phenolic OH excluding ortho intramolecular Hbond substituents is 1. The van der Waals surface area contributed by atoms with Crippen LogP contribution in [0.5, 0.6) is 5.75 Å². The second-order valence-electron chi connectivity index (χ2n) is 12.0. The van der Waals surface area contributed by atoms with Gasteiger partial charge in [0.25, 0.3) is 0 Å². The second-order valence-corrected chi connectivity index (χ2v) is 12.0. The number of carbonyl (C=O) groups is 3. The second kappa shape index (κ2) is 11.6. The summed E-state index contributed by atoms with van der Waals surface area (Å²) in [5, 5.41) is 45.3. The molecule has 6 N–H and O–H groups in total. The molecule has 0 unspecified atom stereocenters. The largest absolute Gasteiger partial charge is 0.507 e. The Kier molecular flexibility index (Phi) is 8.30. The number of carbonyl (C=O) groups excluding carboxylic acids is 3. The number of Topliss-reactive ketones (excluding diaryl/α,β-unsaturated/α-hetero) is 2. The quantitative estimate of drug-likeness (QED) is 0.274. The number of phenols is 1. The summed E-state index contributed by atoms with van der Waals surface area (Å²) in [5.41, 5.74) is 5.09. The van der Waals surface area contributed by atoms with E-state index in [1.807, 2.05) is 6.07 Å². The number of aromatic hydroxyl groups is 1. The maximum Gasteiger partial charge on any atom is 0.225 e. The van der Waals surface area contributed by atoms with Crippen LogP contribution in [0.2, 0.25) is 0 Å². The molecule has 2 aliphatic carbocycles. The number of hydrogen-bond donors (Lipinski definition) is 5. The van der Waals surface area contributed by atoms with Crippen LogP contribution in [-0.2, 0) is 27.3 Å². The van der Waals surface area contributed by atoms with Gasteiger partial charge in [-0.3, -0.25) is 19.3 Å². The normalized spacial score (nSPS) is 25.3. The number of ketones is 2. The van der Waals surface area contributed by atoms with Crippen molar-refractivity contribution in [3.8, 4) is 16.9 Å². The number of likely N-dealkylation sites (N-methyl/N-ethyl adjacent to an activating group) is 1. The number of aliphatic hydroxyl groups excluding tert-OH is 2. The molecule has 2 aromatic rings. The highest BCUT2D eigenvalue weighted by atomic mass is 16.3. The zero-order valence-electron chi connectivity index (χ0n) is 24.0. The van der Waals surface area contributed by atoms with Crippen LogP contribution in [0, 0.1) is 11.8 Å². The van der Waals surface area contributed by atoms with Crippen molar-refractivity contribution in [2.24, 2.45) is 17.6 Å². The summed E-state index contributed by atoms with van der Waals surface area (Å²) < 4.78 is 5.25. The van der Waals surface area contributed by atoms with Crippen molar-refractivity contribution >= 4 is 23.2 Å². The Morgan fingerprint density at radius 2 is 1.93 bits per heavy atom. The van der Waals surface area contributed by atoms with Gasteiger partial charge in [-0.25, -0.2) is 0 Å². The number of nitrogens with two attached hydrogens (primary N) is 1. The molecule has 1 saturated heterocycles. The van der Waals surface area contributed by atoms with E-state index in [0.29, 0.717) is 23.2 Å². The van der Waals surface area contributed by atoms with Crippen molar-refractivity contribution in [3.63, 3.8) is 0 Å². The Labute approximate surface area is 244 Å². The lowest BCUT2D eigenvalue weighted by Gasteiger charge is -2.47. The van der Waals surface area contributed by atoms with Gasteiger partial charge < -0.3 is 35.5 Å². The van der Waals surface area contributed by atoms with Gasteiger partial charge in [-0.05, 0) is 82.0 Å². The third-order valence-corrected chi connectivity index (χ3v) is 9.27. The number of hydrogen-bond acceptors (Lipinski definition) is 10. The SMILES string of the molecule is CN(C)[C@H](CO)[C@@H]1C[C@@H]2Cc3c(CN4CCCCC4)cc(-c4ccoc4)c(O)c3C(O)=C2C(=O)[C@]1(O)C(=O)CC(N)=O. The molecule has 1 saturated carbocycles. The molecule has 5 rings (SSSR count). The number of aliphatic hydroxyl groups is 3. The summed E-state index contributed by atoms with van der Waals surface area (Å²) >= 11 is 0. The molecule has 0 spiro atoms. The molecule has 2 fully saturated rings. The molecule has 1 aromatic heterocycles. The van der Waals surface area contributed by atoms with Crippen molar-refractivity contribution in [3.05, 3.63) is 46.9 Å². The molecular formula is C31H39N3O8. The van der Waals surface area contributed by atoms with Crippen LogP contribution in [0.3, 0.4) is 0 Å². The summed E-state index contributed by atoms with van der Waals surface area (Å²) in [5.74, 6) is -5.55. The summed E-state index contributed by atoms with van der Waals surface area (Å²) in [4.78, 5) is 43.1. The van der Waals surface area contributed by atoms with Gasteiger partial charge in [-0.15, -0.1) is 0 Å². The number of nitrogens with zero attached hydrogens (tertiary/aromatic N) is 2. The van der Waals surface area contributed by atoms with Gasteiger partial charge in [0.15, 0.2) is 11.4 Å². The van der Waals surface area contributed by atoms with Gasteiger partial charge in [-0.2, -0.15) is 0 Å². The number of likely N-dealkylation sites (tertiary alicyclic amines) is 1. The molecule has 4 atom stereocenters. The number of rotatable bonds is 9. The van der Waals surface area contributed by atoms with Crippen molar-refractivity contribution in [1.82, 2.24) is 9.80 Å². The average Bonchev–Trinajstić information content (AvgIpc) is 3.48. The van der Waals surface area contributed by atoms with Crippen LogP contribution >= 0.6 is 0 Å². The summed E-state index contributed by atoms with van der Waals surface area (Å²) in [7, 11) is 3.32. The minimum atomic E-state index is -2.71. The standard InChI is InChI=1S/C31H39N3O8/c1-33(2)23(15-35)22-12-18-10-20-19(14-34-7-4-3-5-8-34)11-21(17-6-9-42-16-17)28(38)27(20)29(39)26(18)30(40)31(22,41)24(36)13-25(32)37/h6,9,11,16,18,22-23,35,38-39,41H,3-5,7-8,10,12-15H2,1-2H3,(H2,32,37)/t18-,22-,23+,31+/m0/s1. The number of benzene rings is 1. The van der Waals surface area contributed by atoms with E-state index < -0.39 is 59.7 Å². The molecular weight excluding hydrogens is 542 g/mol. The third-order valence-electron chi connectivity index (χ3n) is 9.27. The van der Waals surface area contributed by atoms with Gasteiger partial charge in [0.05, 0.1) is 31.1 Å². The molecule has 1 aliphatic heterocycles. The first kappa shape index (κ1) is 30.0. The average molecular weight is 582 g/mol. The van der Waals surface area contributed by atoms with Crippen LogP contribution in [0.15, 0.2) is 34.6 Å². The van der Waals surface area contributed by atoms with Crippen molar-refractivity contribution in [1.29, 1.82) is 0 Å². The molecule has 42 heavy (non-hydrogen) atoms. The Balaban J connectivity index is 1.69. The highest BCUT2D eigenvalue weighted by Crippen LogP contribution is 2.51. The predicted octanol–water partition coefficient (Wildman–Crippen LogP) is 1.77. The number of fused-ring (bicyclic) bond motifs is 2. The highest BCUT2D eigenvalue weighted by molar-refractivity contribution is 6.23. The zero-order chi connectivity index (χ0) is 30.3. The van der Waals surface area contributed by atoms with E-state index in [2.05, 4.69) is 4.90 Å². The number of piperidine rings is 1. The van der Waals surface area contributed by atoms with E-state index in [0.717, 1.165) is 37.9 Å². The summed E-state index contributed by atoms with van der Waals surface area (Å²) in [6.45, 7) is 1.96.